The molecule has 1 heterocycles. The third-order valence-electron chi connectivity index (χ3n) is 5.16. The average Bonchev–Trinajstić information content (AvgIpc) is 3.19. The standard InChI is InChI=1S/C27H21FN2O2/c1-2-32-27(31)23(16-29)14-20-15-26(24-9-5-6-10-25(24)28)30(18-20)17-19-11-12-21-7-3-4-8-22(21)13-19/h3-15,18H,2,17H2,1H3/b23-14+. The van der Waals surface area contributed by atoms with E-state index in [0.717, 1.165) is 16.3 Å². The van der Waals surface area contributed by atoms with Crippen molar-refractivity contribution in [2.45, 2.75) is 13.5 Å². The fraction of sp³-hybridized carbons (Fsp3) is 0.111. The molecular weight excluding hydrogens is 403 g/mol. The highest BCUT2D eigenvalue weighted by molar-refractivity contribution is 5.98. The van der Waals surface area contributed by atoms with Gasteiger partial charge in [-0.25, -0.2) is 9.18 Å². The van der Waals surface area contributed by atoms with Crippen molar-refractivity contribution in [3.05, 3.63) is 102 Å². The van der Waals surface area contributed by atoms with E-state index < -0.39 is 5.97 Å². The van der Waals surface area contributed by atoms with E-state index in [1.807, 2.05) is 35.0 Å². The first kappa shape index (κ1) is 21.1. The zero-order valence-electron chi connectivity index (χ0n) is 17.6. The zero-order chi connectivity index (χ0) is 22.5. The highest BCUT2D eigenvalue weighted by Gasteiger charge is 2.15. The second-order valence-corrected chi connectivity index (χ2v) is 7.34. The number of esters is 1. The van der Waals surface area contributed by atoms with E-state index in [1.54, 1.807) is 31.2 Å². The van der Waals surface area contributed by atoms with Crippen molar-refractivity contribution in [2.24, 2.45) is 0 Å². The molecule has 4 nitrogen and oxygen atoms in total. The molecule has 5 heteroatoms. The summed E-state index contributed by atoms with van der Waals surface area (Å²) in [5.41, 5.74) is 2.67. The third-order valence-corrected chi connectivity index (χ3v) is 5.16. The van der Waals surface area contributed by atoms with Gasteiger partial charge < -0.3 is 9.30 Å². The maximum Gasteiger partial charge on any atom is 0.348 e. The summed E-state index contributed by atoms with van der Waals surface area (Å²) in [6, 6.07) is 24.5. The molecule has 0 saturated heterocycles. The number of fused-ring (bicyclic) bond motifs is 1. The van der Waals surface area contributed by atoms with Crippen molar-refractivity contribution in [1.82, 2.24) is 4.57 Å². The molecule has 4 rings (SSSR count). The molecule has 0 aliphatic rings. The molecule has 0 atom stereocenters. The average molecular weight is 424 g/mol. The summed E-state index contributed by atoms with van der Waals surface area (Å²) in [7, 11) is 0. The maximum atomic E-state index is 14.6. The van der Waals surface area contributed by atoms with Crippen molar-refractivity contribution < 1.29 is 13.9 Å². The molecule has 0 bridgehead atoms. The van der Waals surface area contributed by atoms with Crippen molar-refractivity contribution in [1.29, 1.82) is 5.26 Å². The number of carbonyl (C=O) groups is 1. The summed E-state index contributed by atoms with van der Waals surface area (Å²) in [6.07, 6.45) is 3.28. The Kier molecular flexibility index (Phi) is 6.14. The number of rotatable bonds is 6. The number of halogens is 1. The number of nitriles is 1. The Bertz CT molecular complexity index is 1360. The van der Waals surface area contributed by atoms with Crippen LogP contribution in [0.15, 0.2) is 84.6 Å². The van der Waals surface area contributed by atoms with Crippen LogP contribution in [0.4, 0.5) is 4.39 Å². The second-order valence-electron chi connectivity index (χ2n) is 7.34. The van der Waals surface area contributed by atoms with Crippen LogP contribution in [0.3, 0.4) is 0 Å². The van der Waals surface area contributed by atoms with Gasteiger partial charge in [0.1, 0.15) is 17.5 Å². The molecule has 0 spiro atoms. The second kappa shape index (κ2) is 9.32. The molecule has 0 saturated carbocycles. The Morgan fingerprint density at radius 3 is 2.56 bits per heavy atom. The van der Waals surface area contributed by atoms with Gasteiger partial charge in [0.05, 0.1) is 12.3 Å². The van der Waals surface area contributed by atoms with Gasteiger partial charge >= 0.3 is 5.97 Å². The Balaban J connectivity index is 1.78. The normalized spacial score (nSPS) is 11.3. The van der Waals surface area contributed by atoms with E-state index >= 15 is 0 Å². The van der Waals surface area contributed by atoms with Crippen LogP contribution in [0, 0.1) is 17.1 Å². The number of carbonyl (C=O) groups excluding carboxylic acids is 1. The van der Waals surface area contributed by atoms with Crippen LogP contribution in [0.1, 0.15) is 18.1 Å². The van der Waals surface area contributed by atoms with E-state index in [0.29, 0.717) is 23.4 Å². The van der Waals surface area contributed by atoms with E-state index in [9.17, 15) is 14.4 Å². The monoisotopic (exact) mass is 424 g/mol. The van der Waals surface area contributed by atoms with Crippen molar-refractivity contribution >= 4 is 22.8 Å². The molecule has 158 valence electrons. The lowest BCUT2D eigenvalue weighted by molar-refractivity contribution is -0.137. The van der Waals surface area contributed by atoms with Crippen LogP contribution in [0.2, 0.25) is 0 Å². The third kappa shape index (κ3) is 4.45. The number of hydrogen-bond donors (Lipinski definition) is 0. The summed E-state index contributed by atoms with van der Waals surface area (Å²) < 4.78 is 21.5. The zero-order valence-corrected chi connectivity index (χ0v) is 17.6. The summed E-state index contributed by atoms with van der Waals surface area (Å²) in [6.45, 7) is 2.37. The molecule has 0 aliphatic heterocycles. The molecule has 0 fully saturated rings. The van der Waals surface area contributed by atoms with Crippen LogP contribution >= 0.6 is 0 Å². The summed E-state index contributed by atoms with van der Waals surface area (Å²) in [5.74, 6) is -1.02. The van der Waals surface area contributed by atoms with Crippen LogP contribution < -0.4 is 0 Å². The van der Waals surface area contributed by atoms with Gasteiger partial charge in [0, 0.05) is 18.3 Å². The number of aromatic nitrogens is 1. The minimum absolute atomic E-state index is 0.102. The highest BCUT2D eigenvalue weighted by Crippen LogP contribution is 2.28. The number of nitrogens with zero attached hydrogens (tertiary/aromatic N) is 2. The number of benzene rings is 3. The molecule has 0 unspecified atom stereocenters. The molecule has 4 aromatic rings. The molecule has 32 heavy (non-hydrogen) atoms. The summed E-state index contributed by atoms with van der Waals surface area (Å²) in [5, 5.41) is 11.6. The number of ether oxygens (including phenoxy) is 1. The predicted octanol–water partition coefficient (Wildman–Crippen LogP) is 5.97. The molecule has 3 aromatic carbocycles. The molecule has 0 N–H and O–H groups in total. The van der Waals surface area contributed by atoms with Crippen molar-refractivity contribution in [2.75, 3.05) is 6.61 Å². The molecule has 0 amide bonds. The smallest absolute Gasteiger partial charge is 0.348 e. The summed E-state index contributed by atoms with van der Waals surface area (Å²) in [4.78, 5) is 12.0. The lowest BCUT2D eigenvalue weighted by Crippen LogP contribution is -2.05. The van der Waals surface area contributed by atoms with E-state index in [4.69, 9.17) is 4.74 Å². The van der Waals surface area contributed by atoms with Gasteiger partial charge in [-0.1, -0.05) is 48.5 Å². The van der Waals surface area contributed by atoms with E-state index in [1.165, 1.54) is 12.1 Å². The van der Waals surface area contributed by atoms with Gasteiger partial charge in [-0.3, -0.25) is 0 Å². The first-order valence-electron chi connectivity index (χ1n) is 10.3. The highest BCUT2D eigenvalue weighted by atomic mass is 19.1. The van der Waals surface area contributed by atoms with Crippen molar-refractivity contribution in [3.63, 3.8) is 0 Å². The minimum Gasteiger partial charge on any atom is -0.462 e. The summed E-state index contributed by atoms with van der Waals surface area (Å²) >= 11 is 0. The van der Waals surface area contributed by atoms with E-state index in [-0.39, 0.29) is 18.0 Å². The molecule has 1 aromatic heterocycles. The minimum atomic E-state index is -0.676. The Hall–Kier alpha value is -4.17. The van der Waals surface area contributed by atoms with Gasteiger partial charge in [-0.15, -0.1) is 0 Å². The van der Waals surface area contributed by atoms with Gasteiger partial charge in [-0.05, 0) is 59.2 Å². The largest absolute Gasteiger partial charge is 0.462 e. The SMILES string of the molecule is CCOC(=O)/C(C#N)=C/c1cc(-c2ccccc2F)n(Cc2ccc3ccccc3c2)c1. The fourth-order valence-corrected chi connectivity index (χ4v) is 3.68. The Morgan fingerprint density at radius 2 is 1.81 bits per heavy atom. The predicted molar refractivity (Wildman–Crippen MR) is 123 cm³/mol. The van der Waals surface area contributed by atoms with Crippen LogP contribution in [0.5, 0.6) is 0 Å². The topological polar surface area (TPSA) is 55.0 Å². The van der Waals surface area contributed by atoms with Gasteiger partial charge in [0.15, 0.2) is 0 Å². The molecular formula is C27H21FN2O2. The van der Waals surface area contributed by atoms with Gasteiger partial charge in [0.25, 0.3) is 0 Å². The van der Waals surface area contributed by atoms with Crippen molar-refractivity contribution in [3.8, 4) is 17.3 Å². The number of hydrogen-bond acceptors (Lipinski definition) is 3. The van der Waals surface area contributed by atoms with Gasteiger partial charge in [-0.2, -0.15) is 5.26 Å². The first-order chi connectivity index (χ1) is 15.6. The van der Waals surface area contributed by atoms with Crippen LogP contribution in [0.25, 0.3) is 28.1 Å². The maximum absolute atomic E-state index is 14.6. The van der Waals surface area contributed by atoms with E-state index in [2.05, 4.69) is 24.3 Å². The lowest BCUT2D eigenvalue weighted by Gasteiger charge is -2.11. The Morgan fingerprint density at radius 1 is 1.06 bits per heavy atom. The van der Waals surface area contributed by atoms with Crippen LogP contribution in [-0.4, -0.2) is 17.1 Å². The Labute approximate surface area is 185 Å². The molecule has 0 radical (unpaired) electrons. The first-order valence-corrected chi connectivity index (χ1v) is 10.3. The fourth-order valence-electron chi connectivity index (χ4n) is 3.68. The van der Waals surface area contributed by atoms with Crippen LogP contribution in [-0.2, 0) is 16.1 Å². The quantitative estimate of drug-likeness (QED) is 0.218. The lowest BCUT2D eigenvalue weighted by atomic mass is 10.1. The molecule has 0 aliphatic carbocycles. The van der Waals surface area contributed by atoms with Gasteiger partial charge in [0.2, 0.25) is 0 Å².